The maximum absolute atomic E-state index is 5.74. The lowest BCUT2D eigenvalue weighted by atomic mass is 10.0. The number of rotatable bonds is 3. The molecular weight excluding hydrogens is 270 g/mol. The van der Waals surface area contributed by atoms with Gasteiger partial charge in [0.1, 0.15) is 0 Å². The van der Waals surface area contributed by atoms with E-state index in [9.17, 15) is 0 Å². The Balaban J connectivity index is 1.96. The number of nitrogens with zero attached hydrogens (tertiary/aromatic N) is 2. The summed E-state index contributed by atoms with van der Waals surface area (Å²) < 4.78 is 0. The Morgan fingerprint density at radius 2 is 1.50 bits per heavy atom. The van der Waals surface area contributed by atoms with Gasteiger partial charge in [-0.05, 0) is 23.8 Å². The molecule has 98 valence electrons. The first-order chi connectivity index (χ1) is 9.83. The van der Waals surface area contributed by atoms with Crippen molar-refractivity contribution in [2.45, 2.75) is 0 Å². The van der Waals surface area contributed by atoms with Crippen LogP contribution in [-0.4, -0.2) is 10.2 Å². The van der Waals surface area contributed by atoms with Gasteiger partial charge in [-0.2, -0.15) is 0 Å². The highest BCUT2D eigenvalue weighted by atomic mass is 35.5. The third-order valence-electron chi connectivity index (χ3n) is 2.91. The number of hydrogen-bond donors (Lipinski definition) is 1. The molecule has 0 spiro atoms. The van der Waals surface area contributed by atoms with Gasteiger partial charge in [0.25, 0.3) is 0 Å². The van der Waals surface area contributed by atoms with Crippen LogP contribution < -0.4 is 5.32 Å². The van der Waals surface area contributed by atoms with E-state index in [0.29, 0.717) is 11.0 Å². The third kappa shape index (κ3) is 2.78. The van der Waals surface area contributed by atoms with Crippen LogP contribution in [0.3, 0.4) is 0 Å². The van der Waals surface area contributed by atoms with Crippen LogP contribution in [-0.2, 0) is 0 Å². The van der Waals surface area contributed by atoms with Crippen molar-refractivity contribution in [1.29, 1.82) is 0 Å². The summed E-state index contributed by atoms with van der Waals surface area (Å²) in [6, 6.07) is 21.8. The van der Waals surface area contributed by atoms with E-state index in [-0.39, 0.29) is 0 Å². The first kappa shape index (κ1) is 12.6. The monoisotopic (exact) mass is 281 g/mol. The summed E-state index contributed by atoms with van der Waals surface area (Å²) in [5.41, 5.74) is 3.25. The standard InChI is InChI=1S/C16H12ClN3/c17-15-10-11-16(20-19-15)18-14-9-5-4-8-13(14)12-6-2-1-3-7-12/h1-11H,(H,18,20). The van der Waals surface area contributed by atoms with Crippen molar-refractivity contribution < 1.29 is 0 Å². The van der Waals surface area contributed by atoms with Crippen molar-refractivity contribution in [3.05, 3.63) is 71.9 Å². The number of hydrogen-bond acceptors (Lipinski definition) is 3. The fraction of sp³-hybridized carbons (Fsp3) is 0. The van der Waals surface area contributed by atoms with Crippen LogP contribution in [0.1, 0.15) is 0 Å². The average Bonchev–Trinajstić information content (AvgIpc) is 2.51. The Morgan fingerprint density at radius 3 is 2.25 bits per heavy atom. The molecule has 0 aliphatic carbocycles. The van der Waals surface area contributed by atoms with E-state index in [2.05, 4.69) is 33.7 Å². The number of benzene rings is 2. The molecule has 1 heterocycles. The number of nitrogens with one attached hydrogen (secondary N) is 1. The van der Waals surface area contributed by atoms with Gasteiger partial charge in [0.15, 0.2) is 11.0 Å². The largest absolute Gasteiger partial charge is 0.338 e. The molecule has 20 heavy (non-hydrogen) atoms. The molecule has 0 amide bonds. The minimum atomic E-state index is 0.381. The minimum absolute atomic E-state index is 0.381. The van der Waals surface area contributed by atoms with Crippen molar-refractivity contribution in [1.82, 2.24) is 10.2 Å². The zero-order chi connectivity index (χ0) is 13.8. The van der Waals surface area contributed by atoms with Crippen molar-refractivity contribution in [2.24, 2.45) is 0 Å². The molecule has 3 rings (SSSR count). The molecule has 3 aromatic rings. The van der Waals surface area contributed by atoms with Gasteiger partial charge in [-0.15, -0.1) is 10.2 Å². The van der Waals surface area contributed by atoms with E-state index in [1.807, 2.05) is 36.4 Å². The molecule has 0 radical (unpaired) electrons. The molecule has 1 N–H and O–H groups in total. The number of para-hydroxylation sites is 1. The van der Waals surface area contributed by atoms with E-state index >= 15 is 0 Å². The summed E-state index contributed by atoms with van der Waals surface area (Å²) in [6.07, 6.45) is 0. The molecule has 0 unspecified atom stereocenters. The smallest absolute Gasteiger partial charge is 0.153 e. The van der Waals surface area contributed by atoms with Crippen LogP contribution in [0.15, 0.2) is 66.7 Å². The van der Waals surface area contributed by atoms with Crippen LogP contribution in [0.2, 0.25) is 5.15 Å². The molecule has 0 aliphatic heterocycles. The van der Waals surface area contributed by atoms with Crippen LogP contribution in [0, 0.1) is 0 Å². The highest BCUT2D eigenvalue weighted by Gasteiger charge is 2.05. The summed E-state index contributed by atoms with van der Waals surface area (Å²) in [6.45, 7) is 0. The first-order valence-electron chi connectivity index (χ1n) is 6.23. The topological polar surface area (TPSA) is 37.8 Å². The van der Waals surface area contributed by atoms with Gasteiger partial charge >= 0.3 is 0 Å². The molecule has 0 bridgehead atoms. The van der Waals surface area contributed by atoms with Crippen LogP contribution in [0.4, 0.5) is 11.5 Å². The van der Waals surface area contributed by atoms with E-state index < -0.39 is 0 Å². The maximum atomic E-state index is 5.74. The van der Waals surface area contributed by atoms with Crippen LogP contribution in [0.5, 0.6) is 0 Å². The molecular formula is C16H12ClN3. The first-order valence-corrected chi connectivity index (χ1v) is 6.61. The van der Waals surface area contributed by atoms with Gasteiger partial charge in [-0.25, -0.2) is 0 Å². The van der Waals surface area contributed by atoms with E-state index in [4.69, 9.17) is 11.6 Å². The van der Waals surface area contributed by atoms with Crippen molar-refractivity contribution in [3.63, 3.8) is 0 Å². The van der Waals surface area contributed by atoms with Crippen LogP contribution >= 0.6 is 11.6 Å². The normalized spacial score (nSPS) is 10.2. The summed E-state index contributed by atoms with van der Waals surface area (Å²) in [4.78, 5) is 0. The molecule has 1 aromatic heterocycles. The minimum Gasteiger partial charge on any atom is -0.338 e. The summed E-state index contributed by atoms with van der Waals surface area (Å²) in [7, 11) is 0. The number of aromatic nitrogens is 2. The second kappa shape index (κ2) is 5.72. The molecule has 0 aliphatic rings. The van der Waals surface area contributed by atoms with Gasteiger partial charge in [0.05, 0.1) is 0 Å². The second-order valence-electron chi connectivity index (χ2n) is 4.28. The fourth-order valence-electron chi connectivity index (χ4n) is 1.98. The average molecular weight is 282 g/mol. The quantitative estimate of drug-likeness (QED) is 0.766. The van der Waals surface area contributed by atoms with Gasteiger partial charge in [-0.1, -0.05) is 60.1 Å². The molecule has 0 fully saturated rings. The molecule has 0 saturated carbocycles. The lowest BCUT2D eigenvalue weighted by Gasteiger charge is -2.11. The Morgan fingerprint density at radius 1 is 0.750 bits per heavy atom. The Kier molecular flexibility index (Phi) is 3.61. The molecule has 2 aromatic carbocycles. The van der Waals surface area contributed by atoms with Crippen molar-refractivity contribution in [3.8, 4) is 11.1 Å². The van der Waals surface area contributed by atoms with E-state index in [0.717, 1.165) is 16.8 Å². The Hall–Kier alpha value is -2.39. The van der Waals surface area contributed by atoms with Crippen molar-refractivity contribution in [2.75, 3.05) is 5.32 Å². The Bertz CT molecular complexity index is 696. The van der Waals surface area contributed by atoms with Crippen LogP contribution in [0.25, 0.3) is 11.1 Å². The summed E-state index contributed by atoms with van der Waals surface area (Å²) in [5, 5.41) is 11.5. The predicted molar refractivity (Wildman–Crippen MR) is 82.2 cm³/mol. The van der Waals surface area contributed by atoms with E-state index in [1.165, 1.54) is 0 Å². The van der Waals surface area contributed by atoms with Crippen molar-refractivity contribution >= 4 is 23.1 Å². The van der Waals surface area contributed by atoms with Gasteiger partial charge < -0.3 is 5.32 Å². The fourth-order valence-corrected chi connectivity index (χ4v) is 2.08. The zero-order valence-corrected chi connectivity index (χ0v) is 11.4. The highest BCUT2D eigenvalue weighted by molar-refractivity contribution is 6.29. The summed E-state index contributed by atoms with van der Waals surface area (Å²) in [5.74, 6) is 0.665. The zero-order valence-electron chi connectivity index (χ0n) is 10.6. The SMILES string of the molecule is Clc1ccc(Nc2ccccc2-c2ccccc2)nn1. The van der Waals surface area contributed by atoms with Gasteiger partial charge in [0, 0.05) is 11.3 Å². The molecule has 3 nitrogen and oxygen atoms in total. The second-order valence-corrected chi connectivity index (χ2v) is 4.67. The molecule has 4 heteroatoms. The van der Waals surface area contributed by atoms with Gasteiger partial charge in [0.2, 0.25) is 0 Å². The lowest BCUT2D eigenvalue weighted by Crippen LogP contribution is -1.96. The van der Waals surface area contributed by atoms with Gasteiger partial charge in [-0.3, -0.25) is 0 Å². The summed E-state index contributed by atoms with van der Waals surface area (Å²) >= 11 is 5.74. The molecule has 0 atom stereocenters. The molecule has 0 saturated heterocycles. The maximum Gasteiger partial charge on any atom is 0.153 e. The number of halogens is 1. The third-order valence-corrected chi connectivity index (χ3v) is 3.11. The lowest BCUT2D eigenvalue weighted by molar-refractivity contribution is 1.04. The van der Waals surface area contributed by atoms with E-state index in [1.54, 1.807) is 12.1 Å². The number of anilines is 2. The Labute approximate surface area is 122 Å². The highest BCUT2D eigenvalue weighted by Crippen LogP contribution is 2.29. The predicted octanol–water partition coefficient (Wildman–Crippen LogP) is 4.54.